The summed E-state index contributed by atoms with van der Waals surface area (Å²) >= 11 is 9.16. The predicted molar refractivity (Wildman–Crippen MR) is 69.0 cm³/mol. The Balaban J connectivity index is 2.24. The predicted octanol–water partition coefficient (Wildman–Crippen LogP) is 3.12. The average molecular weight is 309 g/mol. The molecule has 0 saturated carbocycles. The molecule has 0 aromatic carbocycles. The van der Waals surface area contributed by atoms with Gasteiger partial charge in [-0.3, -0.25) is 0 Å². The summed E-state index contributed by atoms with van der Waals surface area (Å²) in [4.78, 5) is 7.93. The molecule has 0 atom stereocenters. The normalized spacial score (nSPS) is 10.4. The van der Waals surface area contributed by atoms with Crippen LogP contribution in [0.1, 0.15) is 19.8 Å². The summed E-state index contributed by atoms with van der Waals surface area (Å²) in [5.41, 5.74) is 0. The number of hydrogen-bond donors (Lipinski definition) is 1. The van der Waals surface area contributed by atoms with Gasteiger partial charge in [0.15, 0.2) is 0 Å². The second-order valence-electron chi connectivity index (χ2n) is 3.22. The SMILES string of the molecule is CCCOCCCNc1ncnc(Cl)c1Br. The number of nitrogens with zero attached hydrogens (tertiary/aromatic N) is 2. The minimum absolute atomic E-state index is 0.416. The van der Waals surface area contributed by atoms with Gasteiger partial charge in [-0.05, 0) is 28.8 Å². The molecule has 0 aliphatic heterocycles. The van der Waals surface area contributed by atoms with Crippen LogP contribution in [0, 0.1) is 0 Å². The highest BCUT2D eigenvalue weighted by molar-refractivity contribution is 9.10. The van der Waals surface area contributed by atoms with Gasteiger partial charge in [-0.15, -0.1) is 0 Å². The van der Waals surface area contributed by atoms with Crippen LogP contribution < -0.4 is 5.32 Å². The highest BCUT2D eigenvalue weighted by atomic mass is 79.9. The van der Waals surface area contributed by atoms with Gasteiger partial charge in [0.2, 0.25) is 0 Å². The second kappa shape index (κ2) is 7.81. The number of rotatable bonds is 7. The maximum atomic E-state index is 5.83. The van der Waals surface area contributed by atoms with Crippen LogP contribution in [-0.4, -0.2) is 29.7 Å². The lowest BCUT2D eigenvalue weighted by Gasteiger charge is -2.07. The van der Waals surface area contributed by atoms with Crippen molar-refractivity contribution in [3.05, 3.63) is 16.0 Å². The molecule has 1 rings (SSSR count). The molecule has 0 aliphatic carbocycles. The van der Waals surface area contributed by atoms with E-state index in [1.807, 2.05) is 0 Å². The van der Waals surface area contributed by atoms with E-state index >= 15 is 0 Å². The quantitative estimate of drug-likeness (QED) is 0.621. The van der Waals surface area contributed by atoms with Crippen LogP contribution in [-0.2, 0) is 4.74 Å². The topological polar surface area (TPSA) is 47.0 Å². The van der Waals surface area contributed by atoms with Gasteiger partial charge < -0.3 is 10.1 Å². The zero-order valence-corrected chi connectivity index (χ0v) is 11.5. The number of halogens is 2. The zero-order valence-electron chi connectivity index (χ0n) is 9.17. The minimum atomic E-state index is 0.416. The molecule has 1 aromatic rings. The van der Waals surface area contributed by atoms with E-state index in [1.54, 1.807) is 0 Å². The van der Waals surface area contributed by atoms with Crippen LogP contribution in [0.15, 0.2) is 10.8 Å². The summed E-state index contributed by atoms with van der Waals surface area (Å²) in [5.74, 6) is 0.718. The highest BCUT2D eigenvalue weighted by Crippen LogP contribution is 2.25. The maximum absolute atomic E-state index is 5.83. The fourth-order valence-corrected chi connectivity index (χ4v) is 1.58. The molecule has 0 amide bonds. The number of anilines is 1. The molecule has 0 bridgehead atoms. The summed E-state index contributed by atoms with van der Waals surface area (Å²) in [5, 5.41) is 3.58. The fourth-order valence-electron chi connectivity index (χ4n) is 1.10. The summed E-state index contributed by atoms with van der Waals surface area (Å²) < 4.78 is 6.06. The van der Waals surface area contributed by atoms with Crippen molar-refractivity contribution < 1.29 is 4.74 Å². The lowest BCUT2D eigenvalue weighted by atomic mass is 10.4. The van der Waals surface area contributed by atoms with Crippen LogP contribution in [0.4, 0.5) is 5.82 Å². The Bertz CT molecular complexity index is 325. The van der Waals surface area contributed by atoms with Crippen LogP contribution >= 0.6 is 27.5 Å². The smallest absolute Gasteiger partial charge is 0.148 e. The molecule has 0 fully saturated rings. The van der Waals surface area contributed by atoms with Crippen LogP contribution in [0.2, 0.25) is 5.15 Å². The van der Waals surface area contributed by atoms with Crippen molar-refractivity contribution in [3.63, 3.8) is 0 Å². The van der Waals surface area contributed by atoms with Gasteiger partial charge in [-0.25, -0.2) is 9.97 Å². The molecule has 1 aromatic heterocycles. The molecule has 0 radical (unpaired) electrons. The molecule has 16 heavy (non-hydrogen) atoms. The number of ether oxygens (including phenoxy) is 1. The van der Waals surface area contributed by atoms with E-state index in [9.17, 15) is 0 Å². The first-order chi connectivity index (χ1) is 7.75. The molecule has 1 N–H and O–H groups in total. The van der Waals surface area contributed by atoms with Gasteiger partial charge in [0.05, 0.1) is 4.47 Å². The van der Waals surface area contributed by atoms with Crippen molar-refractivity contribution in [3.8, 4) is 0 Å². The Morgan fingerprint density at radius 2 is 2.25 bits per heavy atom. The Morgan fingerprint density at radius 3 is 3.00 bits per heavy atom. The number of nitrogens with one attached hydrogen (secondary N) is 1. The first-order valence-electron chi connectivity index (χ1n) is 5.23. The van der Waals surface area contributed by atoms with Gasteiger partial charge in [0.1, 0.15) is 17.3 Å². The molecular weight excluding hydrogens is 293 g/mol. The summed E-state index contributed by atoms with van der Waals surface area (Å²) in [6, 6.07) is 0. The lowest BCUT2D eigenvalue weighted by Crippen LogP contribution is -2.08. The van der Waals surface area contributed by atoms with Crippen molar-refractivity contribution in [2.24, 2.45) is 0 Å². The number of aromatic nitrogens is 2. The van der Waals surface area contributed by atoms with E-state index in [-0.39, 0.29) is 0 Å². The van der Waals surface area contributed by atoms with Crippen molar-refractivity contribution in [1.29, 1.82) is 0 Å². The average Bonchev–Trinajstić information content (AvgIpc) is 2.29. The van der Waals surface area contributed by atoms with E-state index in [1.165, 1.54) is 6.33 Å². The molecule has 1 heterocycles. The largest absolute Gasteiger partial charge is 0.381 e. The molecule has 6 heteroatoms. The Morgan fingerprint density at radius 1 is 1.44 bits per heavy atom. The van der Waals surface area contributed by atoms with Crippen LogP contribution in [0.5, 0.6) is 0 Å². The van der Waals surface area contributed by atoms with Crippen molar-refractivity contribution in [2.75, 3.05) is 25.1 Å². The molecule has 0 saturated heterocycles. The maximum Gasteiger partial charge on any atom is 0.148 e. The van der Waals surface area contributed by atoms with E-state index < -0.39 is 0 Å². The van der Waals surface area contributed by atoms with E-state index in [2.05, 4.69) is 38.1 Å². The van der Waals surface area contributed by atoms with E-state index in [0.717, 1.165) is 38.4 Å². The molecule has 90 valence electrons. The van der Waals surface area contributed by atoms with E-state index in [4.69, 9.17) is 16.3 Å². The van der Waals surface area contributed by atoms with Gasteiger partial charge in [-0.1, -0.05) is 18.5 Å². The van der Waals surface area contributed by atoms with Gasteiger partial charge >= 0.3 is 0 Å². The summed E-state index contributed by atoms with van der Waals surface area (Å²) in [6.45, 7) is 4.48. The molecular formula is C10H15BrClN3O. The third kappa shape index (κ3) is 4.63. The van der Waals surface area contributed by atoms with Gasteiger partial charge in [0, 0.05) is 19.8 Å². The Labute approximate surface area is 109 Å². The molecule has 0 spiro atoms. The van der Waals surface area contributed by atoms with Crippen LogP contribution in [0.3, 0.4) is 0 Å². The molecule has 4 nitrogen and oxygen atoms in total. The minimum Gasteiger partial charge on any atom is -0.381 e. The van der Waals surface area contributed by atoms with Crippen molar-refractivity contribution >= 4 is 33.3 Å². The zero-order chi connectivity index (χ0) is 11.8. The molecule has 0 unspecified atom stereocenters. The van der Waals surface area contributed by atoms with Crippen LogP contribution in [0.25, 0.3) is 0 Å². The first-order valence-corrected chi connectivity index (χ1v) is 6.40. The first kappa shape index (κ1) is 13.7. The number of hydrogen-bond acceptors (Lipinski definition) is 4. The Kier molecular flexibility index (Phi) is 6.68. The monoisotopic (exact) mass is 307 g/mol. The Hall–Kier alpha value is -0.390. The van der Waals surface area contributed by atoms with Crippen molar-refractivity contribution in [2.45, 2.75) is 19.8 Å². The third-order valence-electron chi connectivity index (χ3n) is 1.85. The van der Waals surface area contributed by atoms with Gasteiger partial charge in [-0.2, -0.15) is 0 Å². The lowest BCUT2D eigenvalue weighted by molar-refractivity contribution is 0.134. The third-order valence-corrected chi connectivity index (χ3v) is 3.12. The molecule has 0 aliphatic rings. The summed E-state index contributed by atoms with van der Waals surface area (Å²) in [6.07, 6.45) is 3.43. The second-order valence-corrected chi connectivity index (χ2v) is 4.37. The fraction of sp³-hybridized carbons (Fsp3) is 0.600. The standard InChI is InChI=1S/C10H15BrClN3O/c1-2-5-16-6-3-4-13-10-8(11)9(12)14-7-15-10/h7H,2-6H2,1H3,(H,13,14,15). The van der Waals surface area contributed by atoms with E-state index in [0.29, 0.717) is 9.63 Å². The highest BCUT2D eigenvalue weighted by Gasteiger charge is 2.05. The van der Waals surface area contributed by atoms with Gasteiger partial charge in [0.25, 0.3) is 0 Å². The van der Waals surface area contributed by atoms with Crippen molar-refractivity contribution in [1.82, 2.24) is 9.97 Å². The summed E-state index contributed by atoms with van der Waals surface area (Å²) in [7, 11) is 0.